The number of methoxy groups -OCH3 is 2. The predicted octanol–water partition coefficient (Wildman–Crippen LogP) is 2.34. The van der Waals surface area contributed by atoms with E-state index in [4.69, 9.17) is 19.3 Å². The van der Waals surface area contributed by atoms with E-state index in [2.05, 4.69) is 4.90 Å². The van der Waals surface area contributed by atoms with E-state index in [9.17, 15) is 9.90 Å². The molecule has 0 aliphatic carbocycles. The lowest BCUT2D eigenvalue weighted by Crippen LogP contribution is -2.46. The van der Waals surface area contributed by atoms with Gasteiger partial charge in [0.25, 0.3) is 0 Å². The molecule has 1 saturated heterocycles. The number of carbonyl (C=O) groups is 1. The lowest BCUT2D eigenvalue weighted by molar-refractivity contribution is -0.0961. The van der Waals surface area contributed by atoms with Gasteiger partial charge in [0.2, 0.25) is 0 Å². The predicted molar refractivity (Wildman–Crippen MR) is 103 cm³/mol. The Hall–Kier alpha value is -2.61. The second kappa shape index (κ2) is 9.05. The number of morpholine rings is 1. The summed E-state index contributed by atoms with van der Waals surface area (Å²) in [5.74, 6) is 0.314. The standard InChI is InChI=1S/C21H25NO6/c1-26-17-8-7-16(11-18(17)27-2)20-19(13-23)28-10-9-22(20)12-14-3-5-15(6-4-14)21(24)25/h3-8,11,19-20,23H,9-10,12-13H2,1-2H3,(H,24,25)/t19-,20-/m1/s1. The number of carboxylic acids is 1. The zero-order chi connectivity index (χ0) is 20.1. The van der Waals surface area contributed by atoms with Crippen LogP contribution in [0.4, 0.5) is 0 Å². The molecule has 2 N–H and O–H groups in total. The van der Waals surface area contributed by atoms with Gasteiger partial charge in [0.15, 0.2) is 11.5 Å². The van der Waals surface area contributed by atoms with Gasteiger partial charge in [-0.1, -0.05) is 18.2 Å². The summed E-state index contributed by atoms with van der Waals surface area (Å²) >= 11 is 0. The van der Waals surface area contributed by atoms with Crippen molar-refractivity contribution in [1.29, 1.82) is 0 Å². The summed E-state index contributed by atoms with van der Waals surface area (Å²) in [7, 11) is 3.18. The Morgan fingerprint density at radius 2 is 1.86 bits per heavy atom. The first kappa shape index (κ1) is 20.1. The summed E-state index contributed by atoms with van der Waals surface area (Å²) < 4.78 is 16.5. The second-order valence-electron chi connectivity index (χ2n) is 6.62. The third-order valence-electron chi connectivity index (χ3n) is 4.97. The van der Waals surface area contributed by atoms with Crippen LogP contribution in [0.1, 0.15) is 27.5 Å². The summed E-state index contributed by atoms with van der Waals surface area (Å²) in [6.07, 6.45) is -0.370. The van der Waals surface area contributed by atoms with Gasteiger partial charge < -0.3 is 24.4 Å². The highest BCUT2D eigenvalue weighted by atomic mass is 16.5. The quantitative estimate of drug-likeness (QED) is 0.754. The van der Waals surface area contributed by atoms with Crippen LogP contribution in [0, 0.1) is 0 Å². The fourth-order valence-corrected chi connectivity index (χ4v) is 3.57. The highest BCUT2D eigenvalue weighted by molar-refractivity contribution is 5.87. The molecule has 0 saturated carbocycles. The molecule has 0 radical (unpaired) electrons. The average Bonchev–Trinajstić information content (AvgIpc) is 2.73. The van der Waals surface area contributed by atoms with Crippen molar-refractivity contribution in [3.05, 3.63) is 59.2 Å². The second-order valence-corrected chi connectivity index (χ2v) is 6.62. The molecular formula is C21H25NO6. The van der Waals surface area contributed by atoms with E-state index in [0.29, 0.717) is 31.2 Å². The largest absolute Gasteiger partial charge is 0.493 e. The Kier molecular flexibility index (Phi) is 6.51. The SMILES string of the molecule is COc1ccc([C@@H]2[C@@H](CO)OCCN2Cc2ccc(C(=O)O)cc2)cc1OC. The number of aliphatic hydroxyl groups is 1. The third-order valence-corrected chi connectivity index (χ3v) is 4.97. The number of rotatable bonds is 7. The van der Waals surface area contributed by atoms with Crippen LogP contribution in [0.3, 0.4) is 0 Å². The number of hydrogen-bond acceptors (Lipinski definition) is 6. The fraction of sp³-hybridized carbons (Fsp3) is 0.381. The van der Waals surface area contributed by atoms with Gasteiger partial charge >= 0.3 is 5.97 Å². The number of aromatic carboxylic acids is 1. The monoisotopic (exact) mass is 387 g/mol. The molecule has 0 aromatic heterocycles. The highest BCUT2D eigenvalue weighted by Gasteiger charge is 2.33. The Bertz CT molecular complexity index is 807. The third kappa shape index (κ3) is 4.27. The molecule has 1 aliphatic rings. The summed E-state index contributed by atoms with van der Waals surface area (Å²) in [4.78, 5) is 13.3. The van der Waals surface area contributed by atoms with Crippen molar-refractivity contribution in [1.82, 2.24) is 4.90 Å². The van der Waals surface area contributed by atoms with Gasteiger partial charge in [0, 0.05) is 13.1 Å². The molecule has 1 aliphatic heterocycles. The van der Waals surface area contributed by atoms with Crippen LogP contribution in [-0.2, 0) is 11.3 Å². The molecule has 2 aromatic carbocycles. The van der Waals surface area contributed by atoms with Crippen LogP contribution in [0.5, 0.6) is 11.5 Å². The lowest BCUT2D eigenvalue weighted by Gasteiger charge is -2.41. The molecular weight excluding hydrogens is 362 g/mol. The fourth-order valence-electron chi connectivity index (χ4n) is 3.57. The van der Waals surface area contributed by atoms with Gasteiger partial charge in [0.1, 0.15) is 6.10 Å². The Labute approximate surface area is 164 Å². The highest BCUT2D eigenvalue weighted by Crippen LogP contribution is 2.36. The Morgan fingerprint density at radius 1 is 1.14 bits per heavy atom. The first-order chi connectivity index (χ1) is 13.6. The minimum Gasteiger partial charge on any atom is -0.493 e. The Balaban J connectivity index is 1.89. The lowest BCUT2D eigenvalue weighted by atomic mass is 9.97. The van der Waals surface area contributed by atoms with Crippen molar-refractivity contribution in [2.24, 2.45) is 0 Å². The number of benzene rings is 2. The van der Waals surface area contributed by atoms with E-state index in [1.165, 1.54) is 0 Å². The van der Waals surface area contributed by atoms with Crippen LogP contribution < -0.4 is 9.47 Å². The minimum atomic E-state index is -0.943. The van der Waals surface area contributed by atoms with Crippen molar-refractivity contribution in [2.75, 3.05) is 34.0 Å². The molecule has 1 fully saturated rings. The molecule has 7 nitrogen and oxygen atoms in total. The normalized spacial score (nSPS) is 20.0. The van der Waals surface area contributed by atoms with Crippen LogP contribution >= 0.6 is 0 Å². The number of nitrogens with zero attached hydrogens (tertiary/aromatic N) is 1. The van der Waals surface area contributed by atoms with Crippen molar-refractivity contribution in [2.45, 2.75) is 18.7 Å². The van der Waals surface area contributed by atoms with Crippen LogP contribution in [0.2, 0.25) is 0 Å². The summed E-state index contributed by atoms with van der Waals surface area (Å²) in [5, 5.41) is 18.9. The van der Waals surface area contributed by atoms with Crippen molar-refractivity contribution >= 4 is 5.97 Å². The minimum absolute atomic E-state index is 0.104. The first-order valence-electron chi connectivity index (χ1n) is 9.08. The van der Waals surface area contributed by atoms with Gasteiger partial charge in [0.05, 0.1) is 39.0 Å². The average molecular weight is 387 g/mol. The smallest absolute Gasteiger partial charge is 0.335 e. The van der Waals surface area contributed by atoms with E-state index in [0.717, 1.165) is 11.1 Å². The van der Waals surface area contributed by atoms with Crippen LogP contribution in [0.15, 0.2) is 42.5 Å². The maximum atomic E-state index is 11.1. The first-order valence-corrected chi connectivity index (χ1v) is 9.08. The van der Waals surface area contributed by atoms with E-state index >= 15 is 0 Å². The number of ether oxygens (including phenoxy) is 3. The molecule has 1 heterocycles. The molecule has 2 atom stereocenters. The zero-order valence-corrected chi connectivity index (χ0v) is 16.0. The Morgan fingerprint density at radius 3 is 2.46 bits per heavy atom. The van der Waals surface area contributed by atoms with Crippen molar-refractivity contribution in [3.63, 3.8) is 0 Å². The molecule has 7 heteroatoms. The van der Waals surface area contributed by atoms with E-state index in [-0.39, 0.29) is 24.3 Å². The molecule has 0 unspecified atom stereocenters. The van der Waals surface area contributed by atoms with E-state index < -0.39 is 5.97 Å². The number of carboxylic acid groups (broad SMARTS) is 1. The summed E-state index contributed by atoms with van der Waals surface area (Å²) in [6.45, 7) is 1.71. The van der Waals surface area contributed by atoms with E-state index in [1.807, 2.05) is 30.3 Å². The van der Waals surface area contributed by atoms with Gasteiger partial charge in [-0.15, -0.1) is 0 Å². The number of aliphatic hydroxyl groups excluding tert-OH is 1. The maximum Gasteiger partial charge on any atom is 0.335 e. The molecule has 150 valence electrons. The molecule has 0 amide bonds. The van der Waals surface area contributed by atoms with Gasteiger partial charge in [-0.2, -0.15) is 0 Å². The van der Waals surface area contributed by atoms with Gasteiger partial charge in [-0.3, -0.25) is 4.90 Å². The van der Waals surface area contributed by atoms with Crippen molar-refractivity contribution < 1.29 is 29.2 Å². The molecule has 0 bridgehead atoms. The molecule has 2 aromatic rings. The summed E-state index contributed by atoms with van der Waals surface area (Å²) in [6, 6.07) is 12.4. The maximum absolute atomic E-state index is 11.1. The summed E-state index contributed by atoms with van der Waals surface area (Å²) in [5.41, 5.74) is 2.21. The van der Waals surface area contributed by atoms with Crippen LogP contribution in [0.25, 0.3) is 0 Å². The molecule has 3 rings (SSSR count). The van der Waals surface area contributed by atoms with Crippen molar-refractivity contribution in [3.8, 4) is 11.5 Å². The number of hydrogen-bond donors (Lipinski definition) is 2. The van der Waals surface area contributed by atoms with Crippen LogP contribution in [-0.4, -0.2) is 61.2 Å². The van der Waals surface area contributed by atoms with Gasteiger partial charge in [-0.05, 0) is 35.4 Å². The topological polar surface area (TPSA) is 88.5 Å². The molecule has 0 spiro atoms. The molecule has 28 heavy (non-hydrogen) atoms. The van der Waals surface area contributed by atoms with E-state index in [1.54, 1.807) is 26.4 Å². The zero-order valence-electron chi connectivity index (χ0n) is 16.0. The van der Waals surface area contributed by atoms with Gasteiger partial charge in [-0.25, -0.2) is 4.79 Å².